The molecule has 0 aliphatic carbocycles. The Kier molecular flexibility index (Phi) is 15.9. The Morgan fingerprint density at radius 1 is 0.774 bits per heavy atom. The first-order valence-corrected chi connectivity index (χ1v) is 12.0. The number of halogens is 3. The van der Waals surface area contributed by atoms with Crippen LogP contribution in [0.1, 0.15) is 84.6 Å². The highest BCUT2D eigenvalue weighted by Crippen LogP contribution is 2.16. The Morgan fingerprint density at radius 2 is 1.16 bits per heavy atom. The lowest BCUT2D eigenvalue weighted by Crippen LogP contribution is -2.50. The predicted molar refractivity (Wildman–Crippen MR) is 129 cm³/mol. The minimum atomic E-state index is -4.92. The van der Waals surface area contributed by atoms with Gasteiger partial charge in [-0.3, -0.25) is 0 Å². The molecule has 0 unspecified atom stereocenters. The first-order valence-electron chi connectivity index (χ1n) is 12.0. The molecule has 0 aromatic heterocycles. The smallest absolute Gasteiger partial charge is 0.445 e. The van der Waals surface area contributed by atoms with Crippen molar-refractivity contribution in [1.82, 2.24) is 0 Å². The van der Waals surface area contributed by atoms with Crippen LogP contribution in [0.15, 0.2) is 30.3 Å². The van der Waals surface area contributed by atoms with Crippen LogP contribution in [0.3, 0.4) is 0 Å². The maximum absolute atomic E-state index is 12.2. The third-order valence-electron chi connectivity index (χ3n) is 5.61. The third-order valence-corrected chi connectivity index (χ3v) is 5.61. The lowest BCUT2D eigenvalue weighted by atomic mass is 9.80. The van der Waals surface area contributed by atoms with Crippen LogP contribution in [0.5, 0.6) is 0 Å². The summed E-state index contributed by atoms with van der Waals surface area (Å²) in [6, 6.07) is 6.45. The highest BCUT2D eigenvalue weighted by atomic mass is 19.4. The summed E-state index contributed by atoms with van der Waals surface area (Å²) in [7, 11) is 0. The van der Waals surface area contributed by atoms with E-state index >= 15 is 0 Å². The molecule has 0 aliphatic rings. The summed E-state index contributed by atoms with van der Waals surface area (Å²) < 4.78 is 37.9. The number of rotatable bonds is 14. The summed E-state index contributed by atoms with van der Waals surface area (Å²) in [5, 5.41) is 8.20. The maximum atomic E-state index is 12.2. The lowest BCUT2D eigenvalue weighted by Gasteiger charge is -2.39. The van der Waals surface area contributed by atoms with Crippen LogP contribution in [0.2, 0.25) is 0 Å². The van der Waals surface area contributed by atoms with E-state index in [1.807, 2.05) is 0 Å². The van der Waals surface area contributed by atoms with Crippen molar-refractivity contribution in [3.05, 3.63) is 35.9 Å². The van der Waals surface area contributed by atoms with Gasteiger partial charge in [0.1, 0.15) is 0 Å². The van der Waals surface area contributed by atoms with E-state index in [0.29, 0.717) is 5.56 Å². The van der Waals surface area contributed by atoms with Gasteiger partial charge in [0.15, 0.2) is 0 Å². The van der Waals surface area contributed by atoms with Crippen molar-refractivity contribution in [3.63, 3.8) is 0 Å². The molecule has 31 heavy (non-hydrogen) atoms. The molecule has 0 saturated carbocycles. The topological polar surface area (TPSA) is 23.8 Å². The van der Waals surface area contributed by atoms with Gasteiger partial charge in [-0.2, -0.15) is 5.26 Å². The number of hydrogen-bond donors (Lipinski definition) is 0. The van der Waals surface area contributed by atoms with Gasteiger partial charge in [-0.15, -0.1) is 5.46 Å². The van der Waals surface area contributed by atoms with Gasteiger partial charge in [-0.05, 0) is 37.3 Å². The second kappa shape index (κ2) is 16.9. The molecule has 2 nitrogen and oxygen atoms in total. The van der Waals surface area contributed by atoms with E-state index in [0.717, 1.165) is 12.1 Å². The molecule has 0 heterocycles. The number of unbranched alkanes of at least 4 members (excludes halogenated alkanes) is 4. The normalized spacial score (nSPS) is 11.8. The molecular formula is C25H42BF3N2. The third kappa shape index (κ3) is 13.3. The Hall–Kier alpha value is -1.74. The van der Waals surface area contributed by atoms with Crippen LogP contribution >= 0.6 is 0 Å². The van der Waals surface area contributed by atoms with Crippen LogP contribution in [0.4, 0.5) is 12.9 Å². The monoisotopic (exact) mass is 438 g/mol. The number of nitrogens with zero attached hydrogens (tertiary/aromatic N) is 2. The summed E-state index contributed by atoms with van der Waals surface area (Å²) >= 11 is 0. The Morgan fingerprint density at radius 3 is 1.45 bits per heavy atom. The molecule has 1 aromatic rings. The van der Waals surface area contributed by atoms with Crippen LogP contribution < -0.4 is 5.46 Å². The zero-order valence-corrected chi connectivity index (χ0v) is 20.1. The Bertz CT molecular complexity index is 596. The average Bonchev–Trinajstić information content (AvgIpc) is 2.77. The number of hydrogen-bond acceptors (Lipinski definition) is 1. The van der Waals surface area contributed by atoms with Crippen molar-refractivity contribution in [1.29, 1.82) is 5.26 Å². The second-order valence-electron chi connectivity index (χ2n) is 8.35. The van der Waals surface area contributed by atoms with Crippen LogP contribution in [-0.4, -0.2) is 37.6 Å². The summed E-state index contributed by atoms with van der Waals surface area (Å²) in [6.45, 7) is 10.1. The van der Waals surface area contributed by atoms with E-state index in [2.05, 4.69) is 27.7 Å². The molecule has 1 aromatic carbocycles. The predicted octanol–water partition coefficient (Wildman–Crippen LogP) is 7.28. The van der Waals surface area contributed by atoms with Crippen molar-refractivity contribution in [2.75, 3.05) is 26.2 Å². The first-order chi connectivity index (χ1) is 14.8. The molecule has 0 fully saturated rings. The number of allylic oxidation sites excluding steroid dienone is 1. The minimum Gasteiger partial charge on any atom is -0.445 e. The second-order valence-corrected chi connectivity index (χ2v) is 8.35. The number of nitriles is 1. The fraction of sp³-hybridized carbons (Fsp3) is 0.640. The molecule has 176 valence electrons. The Balaban J connectivity index is 0.000000590. The molecule has 0 N–H and O–H groups in total. The fourth-order valence-electron chi connectivity index (χ4n) is 3.60. The molecule has 0 atom stereocenters. The van der Waals surface area contributed by atoms with Gasteiger partial charge < -0.3 is 17.4 Å². The van der Waals surface area contributed by atoms with Gasteiger partial charge in [-0.1, -0.05) is 77.6 Å². The van der Waals surface area contributed by atoms with Crippen LogP contribution in [-0.2, 0) is 0 Å². The summed E-state index contributed by atoms with van der Waals surface area (Å²) in [5.74, 6) is 0. The van der Waals surface area contributed by atoms with Crippen LogP contribution in [0, 0.1) is 11.3 Å². The van der Waals surface area contributed by atoms with E-state index < -0.39 is 12.4 Å². The minimum absolute atomic E-state index is 0.579. The van der Waals surface area contributed by atoms with Gasteiger partial charge in [0.05, 0.1) is 32.2 Å². The lowest BCUT2D eigenvalue weighted by molar-refractivity contribution is -0.929. The van der Waals surface area contributed by atoms with E-state index in [9.17, 15) is 12.9 Å². The van der Waals surface area contributed by atoms with Crippen molar-refractivity contribution in [2.45, 2.75) is 79.1 Å². The first kappa shape index (κ1) is 29.3. The molecule has 0 aliphatic heterocycles. The molecule has 1 rings (SSSR count). The standard InChI is InChI=1S/C16H36N.C9H6BF3N/c1-5-9-13-17(14-10-6-2,15-11-7-3)16-12-8-4;11-10(12,13)9-5-3-8(4-6-9)2-1-7-14/h5-16H2,1-4H3;1-6H/q+1;-1/b;2-1+. The zero-order valence-electron chi connectivity index (χ0n) is 20.1. The van der Waals surface area contributed by atoms with Gasteiger partial charge >= 0.3 is 6.98 Å². The van der Waals surface area contributed by atoms with E-state index in [-0.39, 0.29) is 0 Å². The summed E-state index contributed by atoms with van der Waals surface area (Å²) in [4.78, 5) is 0. The van der Waals surface area contributed by atoms with Gasteiger partial charge in [0.25, 0.3) is 0 Å². The molecule has 0 radical (unpaired) electrons. The van der Waals surface area contributed by atoms with E-state index in [4.69, 9.17) is 5.26 Å². The number of benzene rings is 1. The quantitative estimate of drug-likeness (QED) is 0.170. The highest BCUT2D eigenvalue weighted by molar-refractivity contribution is 6.73. The zero-order chi connectivity index (χ0) is 23.6. The van der Waals surface area contributed by atoms with Crippen molar-refractivity contribution < 1.29 is 17.4 Å². The average molecular weight is 438 g/mol. The summed E-state index contributed by atoms with van der Waals surface area (Å²) in [6.07, 6.45) is 13.7. The fourth-order valence-corrected chi connectivity index (χ4v) is 3.60. The van der Waals surface area contributed by atoms with Crippen molar-refractivity contribution >= 4 is 18.5 Å². The molecule has 0 amide bonds. The molecule has 0 saturated heterocycles. The van der Waals surface area contributed by atoms with Crippen LogP contribution in [0.25, 0.3) is 6.08 Å². The van der Waals surface area contributed by atoms with Crippen molar-refractivity contribution in [2.24, 2.45) is 0 Å². The molecular weight excluding hydrogens is 396 g/mol. The van der Waals surface area contributed by atoms with Crippen molar-refractivity contribution in [3.8, 4) is 6.07 Å². The van der Waals surface area contributed by atoms with Gasteiger partial charge in [0.2, 0.25) is 0 Å². The highest BCUT2D eigenvalue weighted by Gasteiger charge is 2.25. The molecule has 0 spiro atoms. The summed E-state index contributed by atoms with van der Waals surface area (Å²) in [5.41, 5.74) is -0.0468. The van der Waals surface area contributed by atoms with Gasteiger partial charge in [-0.25, -0.2) is 0 Å². The maximum Gasteiger partial charge on any atom is 0.509 e. The molecule has 6 heteroatoms. The largest absolute Gasteiger partial charge is 0.509 e. The Labute approximate surface area is 188 Å². The van der Waals surface area contributed by atoms with Gasteiger partial charge in [0, 0.05) is 6.08 Å². The van der Waals surface area contributed by atoms with E-state index in [1.54, 1.807) is 6.07 Å². The molecule has 0 bridgehead atoms. The van der Waals surface area contributed by atoms with E-state index in [1.165, 1.54) is 106 Å². The SMILES string of the molecule is CCCC[N+](CCCC)(CCCC)CCCC.N#C/C=C/c1ccc([B-](F)(F)F)cc1. The number of quaternary nitrogens is 1.